The van der Waals surface area contributed by atoms with Gasteiger partial charge in [0.2, 0.25) is 0 Å². The second kappa shape index (κ2) is 5.57. The van der Waals surface area contributed by atoms with Crippen molar-refractivity contribution in [1.29, 1.82) is 0 Å². The van der Waals surface area contributed by atoms with Gasteiger partial charge in [-0.3, -0.25) is 9.59 Å². The van der Waals surface area contributed by atoms with E-state index in [1.165, 1.54) is 18.9 Å². The van der Waals surface area contributed by atoms with Gasteiger partial charge in [0, 0.05) is 0 Å². The third kappa shape index (κ3) is 3.14. The minimum absolute atomic E-state index is 0.122. The standard InChI is InChI=1S/C11H18O4S/c1-8-3-5-11(6-4-8,10(13)14)16-7-9(12)15-2/h8H,3-7H2,1-2H3,(H,13,14). The van der Waals surface area contributed by atoms with Crippen molar-refractivity contribution < 1.29 is 19.4 Å². The average Bonchev–Trinajstić information content (AvgIpc) is 2.28. The van der Waals surface area contributed by atoms with Crippen LogP contribution in [0, 0.1) is 5.92 Å². The number of thioether (sulfide) groups is 1. The van der Waals surface area contributed by atoms with Crippen molar-refractivity contribution in [3.8, 4) is 0 Å². The van der Waals surface area contributed by atoms with E-state index in [1.54, 1.807) is 0 Å². The molecule has 0 aromatic carbocycles. The fourth-order valence-corrected chi connectivity index (χ4v) is 3.06. The van der Waals surface area contributed by atoms with E-state index >= 15 is 0 Å². The lowest BCUT2D eigenvalue weighted by molar-refractivity contribution is -0.141. The molecule has 1 aliphatic carbocycles. The van der Waals surface area contributed by atoms with Gasteiger partial charge in [-0.25, -0.2) is 0 Å². The second-order valence-corrected chi connectivity index (χ2v) is 5.71. The number of hydrogen-bond acceptors (Lipinski definition) is 4. The fourth-order valence-electron chi connectivity index (χ4n) is 1.90. The fraction of sp³-hybridized carbons (Fsp3) is 0.818. The van der Waals surface area contributed by atoms with E-state index in [-0.39, 0.29) is 11.7 Å². The number of hydrogen-bond donors (Lipinski definition) is 1. The molecule has 0 aromatic heterocycles. The Morgan fingerprint density at radius 3 is 2.44 bits per heavy atom. The van der Waals surface area contributed by atoms with Crippen molar-refractivity contribution >= 4 is 23.7 Å². The minimum atomic E-state index is -0.798. The molecular formula is C11H18O4S. The van der Waals surface area contributed by atoms with E-state index in [0.717, 1.165) is 12.8 Å². The molecule has 0 bridgehead atoms. The summed E-state index contributed by atoms with van der Waals surface area (Å²) >= 11 is 1.21. The highest BCUT2D eigenvalue weighted by molar-refractivity contribution is 8.02. The molecule has 92 valence electrons. The van der Waals surface area contributed by atoms with E-state index < -0.39 is 10.7 Å². The van der Waals surface area contributed by atoms with Crippen LogP contribution in [0.25, 0.3) is 0 Å². The first-order valence-corrected chi connectivity index (χ1v) is 6.43. The Morgan fingerprint density at radius 1 is 1.44 bits per heavy atom. The second-order valence-electron chi connectivity index (χ2n) is 4.35. The summed E-state index contributed by atoms with van der Waals surface area (Å²) < 4.78 is 3.76. The molecule has 4 nitrogen and oxygen atoms in total. The monoisotopic (exact) mass is 246 g/mol. The third-order valence-electron chi connectivity index (χ3n) is 3.17. The highest BCUT2D eigenvalue weighted by Crippen LogP contribution is 2.42. The number of carbonyl (C=O) groups excluding carboxylic acids is 1. The Labute approximate surface area is 99.7 Å². The number of carboxylic acids is 1. The van der Waals surface area contributed by atoms with Crippen LogP contribution in [0.15, 0.2) is 0 Å². The number of esters is 1. The molecule has 0 heterocycles. The lowest BCUT2D eigenvalue weighted by Gasteiger charge is -2.34. The normalized spacial score (nSPS) is 29.8. The van der Waals surface area contributed by atoms with Crippen LogP contribution < -0.4 is 0 Å². The first-order valence-electron chi connectivity index (χ1n) is 5.44. The van der Waals surface area contributed by atoms with Crippen LogP contribution in [-0.2, 0) is 14.3 Å². The zero-order valence-corrected chi connectivity index (χ0v) is 10.5. The molecule has 1 saturated carbocycles. The molecule has 1 fully saturated rings. The van der Waals surface area contributed by atoms with Crippen molar-refractivity contribution in [2.75, 3.05) is 12.9 Å². The highest BCUT2D eigenvalue weighted by atomic mass is 32.2. The van der Waals surface area contributed by atoms with Gasteiger partial charge in [0.1, 0.15) is 4.75 Å². The molecule has 1 aliphatic rings. The Bertz CT molecular complexity index is 269. The summed E-state index contributed by atoms with van der Waals surface area (Å²) in [5.41, 5.74) is 0. The summed E-state index contributed by atoms with van der Waals surface area (Å²) in [5.74, 6) is -0.444. The smallest absolute Gasteiger partial charge is 0.319 e. The van der Waals surface area contributed by atoms with Gasteiger partial charge in [-0.1, -0.05) is 6.92 Å². The molecule has 0 radical (unpaired) electrons. The predicted molar refractivity (Wildman–Crippen MR) is 62.5 cm³/mol. The van der Waals surface area contributed by atoms with Crippen LogP contribution in [0.1, 0.15) is 32.6 Å². The lowest BCUT2D eigenvalue weighted by atomic mass is 9.82. The summed E-state index contributed by atoms with van der Waals surface area (Å²) in [5, 5.41) is 9.29. The molecule has 0 atom stereocenters. The molecule has 0 spiro atoms. The van der Waals surface area contributed by atoms with Gasteiger partial charge >= 0.3 is 11.9 Å². The van der Waals surface area contributed by atoms with Crippen LogP contribution in [0.5, 0.6) is 0 Å². The quantitative estimate of drug-likeness (QED) is 0.768. The number of carboxylic acid groups (broad SMARTS) is 1. The third-order valence-corrected chi connectivity index (χ3v) is 4.68. The van der Waals surface area contributed by atoms with Crippen LogP contribution in [0.4, 0.5) is 0 Å². The van der Waals surface area contributed by atoms with E-state index in [9.17, 15) is 14.7 Å². The molecule has 5 heteroatoms. The zero-order chi connectivity index (χ0) is 12.2. The summed E-state index contributed by atoms with van der Waals surface area (Å²) in [6.45, 7) is 2.14. The molecule has 0 aromatic rings. The SMILES string of the molecule is COC(=O)CSC1(C(=O)O)CCC(C)CC1. The number of carbonyl (C=O) groups is 2. The van der Waals surface area contributed by atoms with Gasteiger partial charge in [0.05, 0.1) is 12.9 Å². The van der Waals surface area contributed by atoms with Crippen LogP contribution in [0.2, 0.25) is 0 Å². The van der Waals surface area contributed by atoms with Crippen molar-refractivity contribution in [2.45, 2.75) is 37.4 Å². The number of ether oxygens (including phenoxy) is 1. The van der Waals surface area contributed by atoms with Crippen LogP contribution >= 0.6 is 11.8 Å². The van der Waals surface area contributed by atoms with E-state index in [0.29, 0.717) is 18.8 Å². The Balaban J connectivity index is 2.60. The first-order chi connectivity index (χ1) is 7.50. The number of methoxy groups -OCH3 is 1. The zero-order valence-electron chi connectivity index (χ0n) is 9.69. The number of rotatable bonds is 4. The van der Waals surface area contributed by atoms with E-state index in [1.807, 2.05) is 0 Å². The molecule has 0 saturated heterocycles. The largest absolute Gasteiger partial charge is 0.480 e. The van der Waals surface area contributed by atoms with Crippen molar-refractivity contribution in [1.82, 2.24) is 0 Å². The summed E-state index contributed by atoms with van der Waals surface area (Å²) in [7, 11) is 1.32. The van der Waals surface area contributed by atoms with Gasteiger partial charge < -0.3 is 9.84 Å². The maximum Gasteiger partial charge on any atom is 0.319 e. The molecular weight excluding hydrogens is 228 g/mol. The van der Waals surface area contributed by atoms with Crippen LogP contribution in [-0.4, -0.2) is 34.7 Å². The predicted octanol–water partition coefficient (Wildman–Crippen LogP) is 1.93. The van der Waals surface area contributed by atoms with Crippen molar-refractivity contribution in [2.24, 2.45) is 5.92 Å². The number of aliphatic carboxylic acids is 1. The van der Waals surface area contributed by atoms with Gasteiger partial charge in [-0.2, -0.15) is 0 Å². The maximum atomic E-state index is 11.3. The molecule has 1 rings (SSSR count). The Hall–Kier alpha value is -0.710. The van der Waals surface area contributed by atoms with Gasteiger partial charge in [-0.15, -0.1) is 11.8 Å². The summed E-state index contributed by atoms with van der Waals surface area (Å²) in [6.07, 6.45) is 3.12. The van der Waals surface area contributed by atoms with Gasteiger partial charge in [0.15, 0.2) is 0 Å². The lowest BCUT2D eigenvalue weighted by Crippen LogP contribution is -2.39. The van der Waals surface area contributed by atoms with E-state index in [4.69, 9.17) is 0 Å². The van der Waals surface area contributed by atoms with Gasteiger partial charge in [-0.05, 0) is 31.6 Å². The Kier molecular flexibility index (Phi) is 4.65. The topological polar surface area (TPSA) is 63.6 Å². The molecule has 1 N–H and O–H groups in total. The highest BCUT2D eigenvalue weighted by Gasteiger charge is 2.42. The summed E-state index contributed by atoms with van der Waals surface area (Å²) in [6, 6.07) is 0. The van der Waals surface area contributed by atoms with Crippen molar-refractivity contribution in [3.63, 3.8) is 0 Å². The minimum Gasteiger partial charge on any atom is -0.480 e. The first kappa shape index (κ1) is 13.4. The molecule has 0 amide bonds. The average molecular weight is 246 g/mol. The van der Waals surface area contributed by atoms with Gasteiger partial charge in [0.25, 0.3) is 0 Å². The van der Waals surface area contributed by atoms with Crippen LogP contribution in [0.3, 0.4) is 0 Å². The maximum absolute atomic E-state index is 11.3. The Morgan fingerprint density at radius 2 is 2.00 bits per heavy atom. The summed E-state index contributed by atoms with van der Waals surface area (Å²) in [4.78, 5) is 22.4. The molecule has 16 heavy (non-hydrogen) atoms. The van der Waals surface area contributed by atoms with Crippen molar-refractivity contribution in [3.05, 3.63) is 0 Å². The van der Waals surface area contributed by atoms with E-state index in [2.05, 4.69) is 11.7 Å². The molecule has 0 aliphatic heterocycles. The molecule has 0 unspecified atom stereocenters.